The molecule has 2 aliphatic heterocycles. The van der Waals surface area contributed by atoms with E-state index in [1.54, 1.807) is 29.3 Å². The average molecular weight is 652 g/mol. The van der Waals surface area contributed by atoms with Crippen molar-refractivity contribution < 1.29 is 28.2 Å². The summed E-state index contributed by atoms with van der Waals surface area (Å²) in [6.45, 7) is 10.2. The molecule has 6 rings (SSSR count). The van der Waals surface area contributed by atoms with E-state index < -0.39 is 11.7 Å². The van der Waals surface area contributed by atoms with Gasteiger partial charge in [0.05, 0.1) is 28.6 Å². The second kappa shape index (κ2) is 12.6. The molecule has 1 aromatic carbocycles. The zero-order chi connectivity index (χ0) is 32.6. The van der Waals surface area contributed by atoms with Crippen molar-refractivity contribution in [3.63, 3.8) is 0 Å². The van der Waals surface area contributed by atoms with Gasteiger partial charge in [0.1, 0.15) is 17.5 Å². The summed E-state index contributed by atoms with van der Waals surface area (Å²) in [5.74, 6) is 0.0804. The lowest BCUT2D eigenvalue weighted by atomic mass is 9.61. The van der Waals surface area contributed by atoms with Gasteiger partial charge in [0.25, 0.3) is 5.91 Å². The Morgan fingerprint density at radius 2 is 1.93 bits per heavy atom. The van der Waals surface area contributed by atoms with E-state index in [0.29, 0.717) is 54.0 Å². The Hall–Kier alpha value is -4.12. The summed E-state index contributed by atoms with van der Waals surface area (Å²) >= 11 is 6.28. The number of halogens is 2. The highest BCUT2D eigenvalue weighted by Gasteiger charge is 2.54. The molecule has 1 N–H and O–H groups in total. The van der Waals surface area contributed by atoms with Gasteiger partial charge in [0.15, 0.2) is 11.4 Å². The summed E-state index contributed by atoms with van der Waals surface area (Å²) in [7, 11) is 0. The van der Waals surface area contributed by atoms with Crippen molar-refractivity contribution in [2.45, 2.75) is 64.7 Å². The van der Waals surface area contributed by atoms with Gasteiger partial charge in [-0.15, -0.1) is 0 Å². The summed E-state index contributed by atoms with van der Waals surface area (Å²) in [4.78, 5) is 39.2. The van der Waals surface area contributed by atoms with Crippen LogP contribution in [-0.4, -0.2) is 77.4 Å². The number of anilines is 1. The normalized spacial score (nSPS) is 19.0. The third kappa shape index (κ3) is 6.84. The molecule has 0 bridgehead atoms. The summed E-state index contributed by atoms with van der Waals surface area (Å²) in [6.07, 6.45) is 3.39. The van der Waals surface area contributed by atoms with Crippen LogP contribution >= 0.6 is 11.6 Å². The van der Waals surface area contributed by atoms with Crippen LogP contribution in [0, 0.1) is 11.2 Å². The van der Waals surface area contributed by atoms with Gasteiger partial charge in [-0.05, 0) is 89.4 Å². The molecule has 0 unspecified atom stereocenters. The van der Waals surface area contributed by atoms with Gasteiger partial charge in [0, 0.05) is 43.8 Å². The number of likely N-dealkylation sites (tertiary alicyclic amines) is 1. The van der Waals surface area contributed by atoms with Crippen molar-refractivity contribution in [1.29, 1.82) is 0 Å². The smallest absolute Gasteiger partial charge is 0.410 e. The second-order valence-electron chi connectivity index (χ2n) is 13.3. The fourth-order valence-electron chi connectivity index (χ4n) is 6.41. The molecule has 12 heteroatoms. The number of carbonyl (C=O) groups is 2. The lowest BCUT2D eigenvalue weighted by Crippen LogP contribution is -2.65. The van der Waals surface area contributed by atoms with E-state index >= 15 is 0 Å². The molecule has 244 valence electrons. The number of nitrogens with zero attached hydrogens (tertiary/aromatic N) is 4. The number of pyridine rings is 2. The molecule has 0 radical (unpaired) electrons. The molecule has 2 aromatic heterocycles. The standard InChI is InChI=1S/C34H39ClFN5O5/c1-5-44-31-24(7-6-13-37-31)26-9-11-28(29(39-26)30(42)38-22-12-14-40(18-22)32(43)46-33(2,3)4)45-23-16-34(17-23)19-41(20-34)27-10-8-21(36)15-25(27)35/h6-11,13,15,22-23H,5,12,14,16-20H2,1-4H3,(H,38,42)/t22-/m1/s1. The lowest BCUT2D eigenvalue weighted by Gasteiger charge is -2.59. The van der Waals surface area contributed by atoms with Gasteiger partial charge < -0.3 is 29.3 Å². The predicted octanol–water partition coefficient (Wildman–Crippen LogP) is 6.12. The van der Waals surface area contributed by atoms with Gasteiger partial charge in [-0.1, -0.05) is 11.6 Å². The van der Waals surface area contributed by atoms with E-state index in [0.717, 1.165) is 31.6 Å². The lowest BCUT2D eigenvalue weighted by molar-refractivity contribution is -0.0344. The summed E-state index contributed by atoms with van der Waals surface area (Å²) in [5, 5.41) is 3.46. The van der Waals surface area contributed by atoms with Crippen LogP contribution in [-0.2, 0) is 4.74 Å². The maximum atomic E-state index is 13.8. The minimum absolute atomic E-state index is 0.0865. The van der Waals surface area contributed by atoms with Crippen LogP contribution in [0.15, 0.2) is 48.7 Å². The number of hydrogen-bond acceptors (Lipinski definition) is 8. The van der Waals surface area contributed by atoms with Crippen LogP contribution in [0.3, 0.4) is 0 Å². The molecule has 1 saturated carbocycles. The Bertz CT molecular complexity index is 1620. The Balaban J connectivity index is 1.16. The minimum atomic E-state index is -0.604. The van der Waals surface area contributed by atoms with E-state index in [-0.39, 0.29) is 35.0 Å². The first-order valence-corrected chi connectivity index (χ1v) is 16.0. The molecular formula is C34H39ClFN5O5. The van der Waals surface area contributed by atoms with Crippen molar-refractivity contribution in [3.05, 3.63) is 65.2 Å². The Morgan fingerprint density at radius 3 is 2.65 bits per heavy atom. The van der Waals surface area contributed by atoms with Crippen LogP contribution in [0.4, 0.5) is 14.9 Å². The molecule has 2 amide bonds. The molecule has 1 spiro atoms. The number of hydrogen-bond donors (Lipinski definition) is 1. The zero-order valence-corrected chi connectivity index (χ0v) is 27.3. The second-order valence-corrected chi connectivity index (χ2v) is 13.7. The number of rotatable bonds is 8. The van der Waals surface area contributed by atoms with E-state index in [1.807, 2.05) is 39.8 Å². The molecule has 10 nitrogen and oxygen atoms in total. The van der Waals surface area contributed by atoms with Crippen LogP contribution in [0.2, 0.25) is 5.02 Å². The number of amides is 2. The third-order valence-corrected chi connectivity index (χ3v) is 8.80. The molecular weight excluding hydrogens is 613 g/mol. The summed E-state index contributed by atoms with van der Waals surface area (Å²) < 4.78 is 31.2. The van der Waals surface area contributed by atoms with E-state index in [4.69, 9.17) is 30.8 Å². The maximum absolute atomic E-state index is 13.8. The number of nitrogens with one attached hydrogen (secondary N) is 1. The van der Waals surface area contributed by atoms with Crippen molar-refractivity contribution in [3.8, 4) is 22.9 Å². The topological polar surface area (TPSA) is 106 Å². The fourth-order valence-corrected chi connectivity index (χ4v) is 6.70. The van der Waals surface area contributed by atoms with Gasteiger partial charge in [-0.2, -0.15) is 0 Å². The Labute approximate surface area is 273 Å². The van der Waals surface area contributed by atoms with Crippen LogP contribution in [0.5, 0.6) is 11.6 Å². The quantitative estimate of drug-likeness (QED) is 0.311. The third-order valence-electron chi connectivity index (χ3n) is 8.49. The monoisotopic (exact) mass is 651 g/mol. The molecule has 4 heterocycles. The first-order chi connectivity index (χ1) is 21.9. The first-order valence-electron chi connectivity index (χ1n) is 15.7. The number of ether oxygens (including phenoxy) is 3. The van der Waals surface area contributed by atoms with Crippen molar-refractivity contribution in [2.24, 2.45) is 5.41 Å². The molecule has 3 aliphatic rings. The molecule has 3 fully saturated rings. The highest BCUT2D eigenvalue weighted by atomic mass is 35.5. The highest BCUT2D eigenvalue weighted by Crippen LogP contribution is 2.52. The largest absolute Gasteiger partial charge is 0.488 e. The van der Waals surface area contributed by atoms with Gasteiger partial charge >= 0.3 is 6.09 Å². The molecule has 1 aliphatic carbocycles. The Morgan fingerprint density at radius 1 is 1.15 bits per heavy atom. The van der Waals surface area contributed by atoms with E-state index in [2.05, 4.69) is 15.2 Å². The number of aromatic nitrogens is 2. The fraction of sp³-hybridized carbons (Fsp3) is 0.471. The zero-order valence-electron chi connectivity index (χ0n) is 26.5. The van der Waals surface area contributed by atoms with Crippen molar-refractivity contribution in [1.82, 2.24) is 20.2 Å². The predicted molar refractivity (Wildman–Crippen MR) is 172 cm³/mol. The number of carbonyl (C=O) groups excluding carboxylic acids is 2. The Kier molecular flexibility index (Phi) is 8.71. The minimum Gasteiger partial charge on any atom is -0.488 e. The maximum Gasteiger partial charge on any atom is 0.410 e. The van der Waals surface area contributed by atoms with Crippen molar-refractivity contribution >= 4 is 29.3 Å². The molecule has 46 heavy (non-hydrogen) atoms. The SMILES string of the molecule is CCOc1ncccc1-c1ccc(OC2CC3(C2)CN(c2ccc(F)cc2Cl)C3)c(C(=O)N[C@@H]2CCN(C(=O)OC(C)(C)C)C2)n1. The van der Waals surface area contributed by atoms with E-state index in [9.17, 15) is 14.0 Å². The summed E-state index contributed by atoms with van der Waals surface area (Å²) in [5.41, 5.74) is 1.68. The average Bonchev–Trinajstić information content (AvgIpc) is 3.42. The van der Waals surface area contributed by atoms with Crippen LogP contribution in [0.25, 0.3) is 11.3 Å². The highest BCUT2D eigenvalue weighted by molar-refractivity contribution is 6.33. The first kappa shape index (κ1) is 31.8. The van der Waals surface area contributed by atoms with Crippen LogP contribution < -0.4 is 19.7 Å². The number of benzene rings is 1. The van der Waals surface area contributed by atoms with E-state index in [1.165, 1.54) is 12.1 Å². The van der Waals surface area contributed by atoms with Gasteiger partial charge in [-0.3, -0.25) is 4.79 Å². The van der Waals surface area contributed by atoms with Gasteiger partial charge in [-0.25, -0.2) is 19.2 Å². The molecule has 1 atom stereocenters. The van der Waals surface area contributed by atoms with Gasteiger partial charge in [0.2, 0.25) is 5.88 Å². The van der Waals surface area contributed by atoms with Crippen LogP contribution in [0.1, 0.15) is 57.4 Å². The van der Waals surface area contributed by atoms with Crippen molar-refractivity contribution in [2.75, 3.05) is 37.7 Å². The molecule has 2 saturated heterocycles. The molecule has 3 aromatic rings. The summed E-state index contributed by atoms with van der Waals surface area (Å²) in [6, 6.07) is 11.4.